The Morgan fingerprint density at radius 1 is 1.20 bits per heavy atom. The van der Waals surface area contributed by atoms with Gasteiger partial charge in [-0.3, -0.25) is 9.69 Å². The second-order valence-corrected chi connectivity index (χ2v) is 9.20. The summed E-state index contributed by atoms with van der Waals surface area (Å²) in [5.41, 5.74) is 2.05. The zero-order chi connectivity index (χ0) is 24.4. The third kappa shape index (κ3) is 4.95. The van der Waals surface area contributed by atoms with Crippen molar-refractivity contribution in [1.82, 2.24) is 30.1 Å². The Balaban J connectivity index is 1.61. The Morgan fingerprint density at radius 2 is 2.03 bits per heavy atom. The molecule has 0 unspecified atom stereocenters. The van der Waals surface area contributed by atoms with Crippen LogP contribution in [0.25, 0.3) is 10.9 Å². The Morgan fingerprint density at radius 3 is 2.80 bits per heavy atom. The van der Waals surface area contributed by atoms with Crippen LogP contribution < -0.4 is 10.3 Å². The number of halogens is 1. The number of aromatic nitrogens is 5. The number of rotatable bonds is 7. The van der Waals surface area contributed by atoms with E-state index in [-0.39, 0.29) is 11.4 Å². The third-order valence-corrected chi connectivity index (χ3v) is 6.55. The number of pyridine rings is 1. The van der Waals surface area contributed by atoms with E-state index in [2.05, 4.69) is 32.3 Å². The van der Waals surface area contributed by atoms with Crippen LogP contribution in [0.15, 0.2) is 53.3 Å². The summed E-state index contributed by atoms with van der Waals surface area (Å²) in [4.78, 5) is 18.7. The fraction of sp³-hybridized carbons (Fsp3) is 0.385. The van der Waals surface area contributed by atoms with Crippen molar-refractivity contribution in [3.63, 3.8) is 0 Å². The summed E-state index contributed by atoms with van der Waals surface area (Å²) < 4.78 is 20.8. The summed E-state index contributed by atoms with van der Waals surface area (Å²) in [6.07, 6.45) is 2.19. The molecule has 5 rings (SSSR count). The van der Waals surface area contributed by atoms with Crippen LogP contribution in [0, 0.1) is 11.7 Å². The summed E-state index contributed by atoms with van der Waals surface area (Å²) >= 11 is 0. The first-order chi connectivity index (χ1) is 17.0. The molecule has 0 saturated carbocycles. The van der Waals surface area contributed by atoms with E-state index in [1.54, 1.807) is 16.8 Å². The first kappa shape index (κ1) is 23.2. The number of hydrogen-bond acceptors (Lipinski definition) is 6. The molecule has 1 fully saturated rings. The van der Waals surface area contributed by atoms with E-state index < -0.39 is 6.04 Å². The Kier molecular flexibility index (Phi) is 6.59. The second kappa shape index (κ2) is 9.95. The molecule has 1 aliphatic rings. The number of fused-ring (bicyclic) bond motifs is 1. The molecule has 2 atom stereocenters. The predicted octanol–water partition coefficient (Wildman–Crippen LogP) is 3.92. The van der Waals surface area contributed by atoms with Crippen molar-refractivity contribution in [3.8, 4) is 5.75 Å². The molecule has 0 aliphatic carbocycles. The quantitative estimate of drug-likeness (QED) is 0.435. The predicted molar refractivity (Wildman–Crippen MR) is 131 cm³/mol. The highest BCUT2D eigenvalue weighted by atomic mass is 19.1. The highest BCUT2D eigenvalue weighted by molar-refractivity contribution is 5.80. The van der Waals surface area contributed by atoms with Gasteiger partial charge in [0.15, 0.2) is 5.82 Å². The third-order valence-electron chi connectivity index (χ3n) is 6.55. The second-order valence-electron chi connectivity index (χ2n) is 9.20. The Hall–Kier alpha value is -3.59. The summed E-state index contributed by atoms with van der Waals surface area (Å²) in [5, 5.41) is 13.5. The number of aromatic amines is 1. The number of H-pyrrole nitrogens is 1. The van der Waals surface area contributed by atoms with Crippen LogP contribution in [0.2, 0.25) is 0 Å². The molecule has 35 heavy (non-hydrogen) atoms. The SMILES string of the molecule is CCOc1ccc2[nH]c(=O)c([C@H](c3nnnn3Cc3ccc(F)cc3)N3CCC[C@@H](C)C3)cc2c1. The van der Waals surface area contributed by atoms with Crippen molar-refractivity contribution in [2.24, 2.45) is 5.92 Å². The molecule has 9 heteroatoms. The van der Waals surface area contributed by atoms with E-state index in [1.165, 1.54) is 12.1 Å². The molecule has 3 heterocycles. The van der Waals surface area contributed by atoms with Gasteiger partial charge < -0.3 is 9.72 Å². The first-order valence-corrected chi connectivity index (χ1v) is 12.1. The molecule has 1 N–H and O–H groups in total. The lowest BCUT2D eigenvalue weighted by Crippen LogP contribution is -2.41. The molecular formula is C26H29FN6O2. The number of tetrazole rings is 1. The minimum Gasteiger partial charge on any atom is -0.494 e. The molecule has 1 saturated heterocycles. The zero-order valence-electron chi connectivity index (χ0n) is 19.9. The zero-order valence-corrected chi connectivity index (χ0v) is 19.9. The number of nitrogens with one attached hydrogen (secondary N) is 1. The molecule has 1 aliphatic heterocycles. The monoisotopic (exact) mass is 476 g/mol. The van der Waals surface area contributed by atoms with E-state index in [9.17, 15) is 9.18 Å². The highest BCUT2D eigenvalue weighted by Gasteiger charge is 2.32. The van der Waals surface area contributed by atoms with E-state index in [1.807, 2.05) is 31.2 Å². The molecule has 2 aromatic carbocycles. The fourth-order valence-corrected chi connectivity index (χ4v) is 4.90. The van der Waals surface area contributed by atoms with Crippen molar-refractivity contribution in [3.05, 3.63) is 81.7 Å². The van der Waals surface area contributed by atoms with Crippen LogP contribution >= 0.6 is 0 Å². The number of piperidine rings is 1. The molecule has 2 aromatic heterocycles. The van der Waals surface area contributed by atoms with Crippen LogP contribution in [0.4, 0.5) is 4.39 Å². The Bertz CT molecular complexity index is 1370. The first-order valence-electron chi connectivity index (χ1n) is 12.1. The summed E-state index contributed by atoms with van der Waals surface area (Å²) in [5.74, 6) is 1.55. The highest BCUT2D eigenvalue weighted by Crippen LogP contribution is 2.31. The van der Waals surface area contributed by atoms with Gasteiger partial charge in [-0.25, -0.2) is 9.07 Å². The van der Waals surface area contributed by atoms with E-state index >= 15 is 0 Å². The normalized spacial score (nSPS) is 17.5. The van der Waals surface area contributed by atoms with Crippen molar-refractivity contribution < 1.29 is 9.13 Å². The van der Waals surface area contributed by atoms with Gasteiger partial charge in [0.25, 0.3) is 5.56 Å². The van der Waals surface area contributed by atoms with E-state index in [0.29, 0.717) is 30.5 Å². The van der Waals surface area contributed by atoms with E-state index in [0.717, 1.165) is 48.1 Å². The average molecular weight is 477 g/mol. The van der Waals surface area contributed by atoms with Crippen LogP contribution in [0.1, 0.15) is 49.7 Å². The van der Waals surface area contributed by atoms with Crippen molar-refractivity contribution in [2.75, 3.05) is 19.7 Å². The van der Waals surface area contributed by atoms with E-state index in [4.69, 9.17) is 4.74 Å². The molecule has 0 spiro atoms. The Labute approximate surface area is 202 Å². The molecule has 0 radical (unpaired) electrons. The average Bonchev–Trinajstić information content (AvgIpc) is 3.29. The topological polar surface area (TPSA) is 88.9 Å². The smallest absolute Gasteiger partial charge is 0.253 e. The minimum absolute atomic E-state index is 0.166. The summed E-state index contributed by atoms with van der Waals surface area (Å²) in [6.45, 7) is 6.79. The van der Waals surface area contributed by atoms with Gasteiger partial charge in [-0.15, -0.1) is 5.10 Å². The van der Waals surface area contributed by atoms with Gasteiger partial charge >= 0.3 is 0 Å². The van der Waals surface area contributed by atoms with Gasteiger partial charge in [-0.2, -0.15) is 0 Å². The van der Waals surface area contributed by atoms with Crippen LogP contribution in [-0.4, -0.2) is 49.8 Å². The van der Waals surface area contributed by atoms with Crippen LogP contribution in [0.5, 0.6) is 5.75 Å². The lowest BCUT2D eigenvalue weighted by Gasteiger charge is -2.36. The molecule has 0 amide bonds. The van der Waals surface area contributed by atoms with Gasteiger partial charge in [0, 0.05) is 23.0 Å². The number of likely N-dealkylation sites (tertiary alicyclic amines) is 1. The lowest BCUT2D eigenvalue weighted by molar-refractivity contribution is 0.141. The molecule has 4 aromatic rings. The standard InChI is InChI=1S/C26H29FN6O2/c1-3-35-21-10-11-23-19(13-21)14-22(26(34)28-23)24(32-12-4-5-17(2)15-32)25-29-30-31-33(25)16-18-6-8-20(27)9-7-18/h6-11,13-14,17,24H,3-5,12,15-16H2,1-2H3,(H,28,34)/t17-,24-/m1/s1. The molecule has 8 nitrogen and oxygen atoms in total. The molecular weight excluding hydrogens is 447 g/mol. The van der Waals surface area contributed by atoms with Gasteiger partial charge in [0.2, 0.25) is 0 Å². The number of hydrogen-bond donors (Lipinski definition) is 1. The van der Waals surface area contributed by atoms with Crippen LogP contribution in [-0.2, 0) is 6.54 Å². The van der Waals surface area contributed by atoms with Crippen molar-refractivity contribution in [2.45, 2.75) is 39.3 Å². The number of nitrogens with zero attached hydrogens (tertiary/aromatic N) is 5. The van der Waals surface area contributed by atoms with Crippen LogP contribution in [0.3, 0.4) is 0 Å². The number of ether oxygens (including phenoxy) is 1. The largest absolute Gasteiger partial charge is 0.494 e. The fourth-order valence-electron chi connectivity index (χ4n) is 4.90. The van der Waals surface area contributed by atoms with Gasteiger partial charge in [-0.1, -0.05) is 19.1 Å². The maximum atomic E-state index is 13.4. The molecule has 0 bridgehead atoms. The maximum absolute atomic E-state index is 13.4. The summed E-state index contributed by atoms with van der Waals surface area (Å²) in [6, 6.07) is 13.5. The summed E-state index contributed by atoms with van der Waals surface area (Å²) in [7, 11) is 0. The minimum atomic E-state index is -0.419. The van der Waals surface area contributed by atoms with Gasteiger partial charge in [0.05, 0.1) is 13.2 Å². The van der Waals surface area contributed by atoms with Gasteiger partial charge in [0.1, 0.15) is 17.6 Å². The van der Waals surface area contributed by atoms with Crippen molar-refractivity contribution in [1.29, 1.82) is 0 Å². The van der Waals surface area contributed by atoms with Gasteiger partial charge in [-0.05, 0) is 84.6 Å². The maximum Gasteiger partial charge on any atom is 0.253 e. The lowest BCUT2D eigenvalue weighted by atomic mass is 9.95. The molecule has 182 valence electrons. The number of benzene rings is 2. The van der Waals surface area contributed by atoms with Crippen molar-refractivity contribution >= 4 is 10.9 Å².